The van der Waals surface area contributed by atoms with Crippen molar-refractivity contribution in [3.8, 4) is 5.75 Å². The van der Waals surface area contributed by atoms with Crippen LogP contribution in [0, 0.1) is 0 Å². The standard InChI is InChI=1S/C14H18N4O/c1-18(12-6-8-13(19-2)9-7-12)10-11-4-3-5-14(16-11)17-15/h3-9H,10,15H2,1-2H3,(H,16,17). The summed E-state index contributed by atoms with van der Waals surface area (Å²) in [5.74, 6) is 6.87. The van der Waals surface area contributed by atoms with Crippen LogP contribution in [0.5, 0.6) is 5.75 Å². The lowest BCUT2D eigenvalue weighted by Crippen LogP contribution is -2.18. The van der Waals surface area contributed by atoms with Crippen molar-refractivity contribution in [2.45, 2.75) is 6.54 Å². The number of nitrogen functional groups attached to an aromatic ring is 1. The van der Waals surface area contributed by atoms with Gasteiger partial charge in [-0.3, -0.25) is 0 Å². The Bertz CT molecular complexity index is 527. The number of methoxy groups -OCH3 is 1. The minimum absolute atomic E-state index is 0.667. The minimum atomic E-state index is 0.667. The van der Waals surface area contributed by atoms with Gasteiger partial charge >= 0.3 is 0 Å². The van der Waals surface area contributed by atoms with Gasteiger partial charge in [0.05, 0.1) is 19.3 Å². The van der Waals surface area contributed by atoms with Crippen LogP contribution in [0.2, 0.25) is 0 Å². The average Bonchev–Trinajstić information content (AvgIpc) is 2.47. The molecule has 1 aromatic heterocycles. The van der Waals surface area contributed by atoms with Gasteiger partial charge in [-0.05, 0) is 36.4 Å². The predicted octanol–water partition coefficient (Wildman–Crippen LogP) is 2.01. The quantitative estimate of drug-likeness (QED) is 0.634. The van der Waals surface area contributed by atoms with E-state index in [0.717, 1.165) is 17.1 Å². The molecule has 0 aliphatic rings. The molecular weight excluding hydrogens is 240 g/mol. The van der Waals surface area contributed by atoms with E-state index in [1.165, 1.54) is 0 Å². The molecule has 2 rings (SSSR count). The van der Waals surface area contributed by atoms with Crippen LogP contribution in [0.15, 0.2) is 42.5 Å². The van der Waals surface area contributed by atoms with Crippen molar-refractivity contribution >= 4 is 11.5 Å². The summed E-state index contributed by atoms with van der Waals surface area (Å²) in [6.45, 7) is 0.710. The smallest absolute Gasteiger partial charge is 0.140 e. The summed E-state index contributed by atoms with van der Waals surface area (Å²) in [6, 6.07) is 13.7. The Hall–Kier alpha value is -2.27. The Kier molecular flexibility index (Phi) is 4.20. The van der Waals surface area contributed by atoms with Crippen LogP contribution in [0.1, 0.15) is 5.69 Å². The number of anilines is 2. The lowest BCUT2D eigenvalue weighted by molar-refractivity contribution is 0.415. The zero-order valence-electron chi connectivity index (χ0n) is 11.1. The minimum Gasteiger partial charge on any atom is -0.497 e. The van der Waals surface area contributed by atoms with Crippen molar-refractivity contribution in [1.82, 2.24) is 4.98 Å². The van der Waals surface area contributed by atoms with Gasteiger partial charge in [0.1, 0.15) is 11.6 Å². The molecule has 0 spiro atoms. The Labute approximate surface area is 113 Å². The van der Waals surface area contributed by atoms with E-state index in [2.05, 4.69) is 15.3 Å². The van der Waals surface area contributed by atoms with Gasteiger partial charge in [-0.25, -0.2) is 10.8 Å². The van der Waals surface area contributed by atoms with Gasteiger partial charge in [0.15, 0.2) is 0 Å². The predicted molar refractivity (Wildman–Crippen MR) is 77.1 cm³/mol. The second-order valence-corrected chi connectivity index (χ2v) is 4.21. The monoisotopic (exact) mass is 258 g/mol. The highest BCUT2D eigenvalue weighted by atomic mass is 16.5. The maximum absolute atomic E-state index is 5.35. The molecule has 1 aromatic carbocycles. The van der Waals surface area contributed by atoms with Crippen molar-refractivity contribution in [3.05, 3.63) is 48.2 Å². The van der Waals surface area contributed by atoms with Gasteiger partial charge in [0, 0.05) is 12.7 Å². The van der Waals surface area contributed by atoms with E-state index < -0.39 is 0 Å². The van der Waals surface area contributed by atoms with Crippen LogP contribution in [0.4, 0.5) is 11.5 Å². The fraction of sp³-hybridized carbons (Fsp3) is 0.214. The molecule has 1 heterocycles. The molecule has 0 unspecified atom stereocenters. The lowest BCUT2D eigenvalue weighted by Gasteiger charge is -2.19. The van der Waals surface area contributed by atoms with Gasteiger partial charge in [0.2, 0.25) is 0 Å². The highest BCUT2D eigenvalue weighted by Gasteiger charge is 2.04. The number of hydrazine groups is 1. The number of hydrogen-bond acceptors (Lipinski definition) is 5. The summed E-state index contributed by atoms with van der Waals surface area (Å²) in [6.07, 6.45) is 0. The zero-order valence-corrected chi connectivity index (χ0v) is 11.1. The molecule has 0 radical (unpaired) electrons. The molecule has 0 saturated heterocycles. The third-order valence-electron chi connectivity index (χ3n) is 2.87. The van der Waals surface area contributed by atoms with Crippen molar-refractivity contribution in [2.75, 3.05) is 24.5 Å². The molecule has 0 aliphatic carbocycles. The Morgan fingerprint density at radius 2 is 1.95 bits per heavy atom. The Balaban J connectivity index is 2.08. The molecule has 100 valence electrons. The van der Waals surface area contributed by atoms with Crippen molar-refractivity contribution in [3.63, 3.8) is 0 Å². The van der Waals surface area contributed by atoms with Gasteiger partial charge in [-0.15, -0.1) is 0 Å². The molecule has 5 nitrogen and oxygen atoms in total. The second-order valence-electron chi connectivity index (χ2n) is 4.21. The lowest BCUT2D eigenvalue weighted by atomic mass is 10.2. The molecule has 0 saturated carbocycles. The maximum Gasteiger partial charge on any atom is 0.140 e. The fourth-order valence-corrected chi connectivity index (χ4v) is 1.82. The third kappa shape index (κ3) is 3.35. The fourth-order valence-electron chi connectivity index (χ4n) is 1.82. The molecule has 2 aromatic rings. The SMILES string of the molecule is COc1ccc(N(C)Cc2cccc(NN)n2)cc1. The normalized spacial score (nSPS) is 10.1. The van der Waals surface area contributed by atoms with E-state index >= 15 is 0 Å². The first kappa shape index (κ1) is 13.2. The number of aromatic nitrogens is 1. The summed E-state index contributed by atoms with van der Waals surface area (Å²) >= 11 is 0. The maximum atomic E-state index is 5.35. The second kappa shape index (κ2) is 6.06. The van der Waals surface area contributed by atoms with E-state index in [0.29, 0.717) is 12.4 Å². The highest BCUT2D eigenvalue weighted by molar-refractivity contribution is 5.48. The van der Waals surface area contributed by atoms with E-state index in [4.69, 9.17) is 10.6 Å². The van der Waals surface area contributed by atoms with E-state index in [1.807, 2.05) is 49.5 Å². The summed E-state index contributed by atoms with van der Waals surface area (Å²) in [7, 11) is 3.68. The summed E-state index contributed by atoms with van der Waals surface area (Å²) in [5, 5.41) is 0. The summed E-state index contributed by atoms with van der Waals surface area (Å²) in [5.41, 5.74) is 4.61. The largest absolute Gasteiger partial charge is 0.497 e. The molecule has 0 amide bonds. The molecule has 0 atom stereocenters. The van der Waals surface area contributed by atoms with Gasteiger partial charge < -0.3 is 15.1 Å². The van der Waals surface area contributed by atoms with Crippen LogP contribution in [-0.4, -0.2) is 19.1 Å². The van der Waals surface area contributed by atoms with E-state index in [-0.39, 0.29) is 0 Å². The van der Waals surface area contributed by atoms with Crippen molar-refractivity contribution in [2.24, 2.45) is 5.84 Å². The molecule has 3 N–H and O–H groups in total. The Morgan fingerprint density at radius 3 is 2.58 bits per heavy atom. The molecular formula is C14H18N4O. The van der Waals surface area contributed by atoms with Crippen molar-refractivity contribution < 1.29 is 4.74 Å². The van der Waals surface area contributed by atoms with Gasteiger partial charge in [-0.1, -0.05) is 6.07 Å². The van der Waals surface area contributed by atoms with Crippen LogP contribution in [0.25, 0.3) is 0 Å². The number of pyridine rings is 1. The highest BCUT2D eigenvalue weighted by Crippen LogP contribution is 2.19. The first-order chi connectivity index (χ1) is 9.22. The van der Waals surface area contributed by atoms with Crippen LogP contribution in [0.3, 0.4) is 0 Å². The molecule has 0 bridgehead atoms. The van der Waals surface area contributed by atoms with E-state index in [9.17, 15) is 0 Å². The average molecular weight is 258 g/mol. The summed E-state index contributed by atoms with van der Waals surface area (Å²) < 4.78 is 5.14. The number of nitrogens with one attached hydrogen (secondary N) is 1. The number of rotatable bonds is 5. The van der Waals surface area contributed by atoms with Gasteiger partial charge in [-0.2, -0.15) is 0 Å². The topological polar surface area (TPSA) is 63.4 Å². The van der Waals surface area contributed by atoms with E-state index in [1.54, 1.807) is 7.11 Å². The molecule has 19 heavy (non-hydrogen) atoms. The molecule has 0 aliphatic heterocycles. The number of nitrogens with two attached hydrogens (primary N) is 1. The van der Waals surface area contributed by atoms with Crippen molar-refractivity contribution in [1.29, 1.82) is 0 Å². The third-order valence-corrected chi connectivity index (χ3v) is 2.87. The number of nitrogens with zero attached hydrogens (tertiary/aromatic N) is 2. The van der Waals surface area contributed by atoms with Gasteiger partial charge in [0.25, 0.3) is 0 Å². The zero-order chi connectivity index (χ0) is 13.7. The first-order valence-electron chi connectivity index (χ1n) is 6.00. The van der Waals surface area contributed by atoms with Crippen LogP contribution in [-0.2, 0) is 6.54 Å². The Morgan fingerprint density at radius 1 is 1.21 bits per heavy atom. The summed E-state index contributed by atoms with van der Waals surface area (Å²) in [4.78, 5) is 6.50. The first-order valence-corrected chi connectivity index (χ1v) is 6.00. The number of benzene rings is 1. The molecule has 0 fully saturated rings. The van der Waals surface area contributed by atoms with Crippen LogP contribution >= 0.6 is 0 Å². The number of hydrogen-bond donors (Lipinski definition) is 2. The number of ether oxygens (including phenoxy) is 1. The van der Waals surface area contributed by atoms with Crippen LogP contribution < -0.4 is 20.9 Å². The molecule has 5 heteroatoms.